The van der Waals surface area contributed by atoms with Gasteiger partial charge < -0.3 is 15.5 Å². The Morgan fingerprint density at radius 3 is 2.42 bits per heavy atom. The minimum Gasteiger partial charge on any atom is -0.394 e. The van der Waals surface area contributed by atoms with Gasteiger partial charge in [-0.25, -0.2) is 13.1 Å². The second-order valence-corrected chi connectivity index (χ2v) is 6.28. The number of nitrogens with one attached hydrogen (secondary N) is 2. The van der Waals surface area contributed by atoms with Crippen LogP contribution in [0.1, 0.15) is 12.8 Å². The molecule has 0 aromatic heterocycles. The Morgan fingerprint density at radius 2 is 1.84 bits per heavy atom. The molecule has 0 heterocycles. The summed E-state index contributed by atoms with van der Waals surface area (Å²) in [6, 6.07) is 5.89. The first kappa shape index (κ1) is 14.3. The number of benzene rings is 1. The van der Waals surface area contributed by atoms with Gasteiger partial charge in [0.05, 0.1) is 24.9 Å². The van der Waals surface area contributed by atoms with Gasteiger partial charge in [0, 0.05) is 6.04 Å². The van der Waals surface area contributed by atoms with Gasteiger partial charge >= 0.3 is 0 Å². The predicted molar refractivity (Wildman–Crippen MR) is 71.4 cm³/mol. The predicted octanol–water partition coefficient (Wildman–Crippen LogP) is -0.108. The van der Waals surface area contributed by atoms with Crippen molar-refractivity contribution < 1.29 is 18.6 Å². The molecule has 0 saturated heterocycles. The number of hydrogen-bond donors (Lipinski definition) is 4. The normalized spacial score (nSPS) is 15.7. The molecule has 0 radical (unpaired) electrons. The molecular formula is C12H18N2O4S. The van der Waals surface area contributed by atoms with Crippen molar-refractivity contribution in [2.45, 2.75) is 29.8 Å². The first-order valence-corrected chi connectivity index (χ1v) is 7.64. The van der Waals surface area contributed by atoms with Crippen LogP contribution >= 0.6 is 0 Å². The highest BCUT2D eigenvalue weighted by molar-refractivity contribution is 7.89. The fourth-order valence-corrected chi connectivity index (χ4v) is 3.15. The molecule has 19 heavy (non-hydrogen) atoms. The van der Waals surface area contributed by atoms with E-state index in [9.17, 15) is 8.42 Å². The van der Waals surface area contributed by atoms with Crippen LogP contribution in [0.3, 0.4) is 0 Å². The highest BCUT2D eigenvalue weighted by atomic mass is 32.2. The van der Waals surface area contributed by atoms with Crippen molar-refractivity contribution in [2.75, 3.05) is 18.5 Å². The lowest BCUT2D eigenvalue weighted by atomic mass is 10.2. The summed E-state index contributed by atoms with van der Waals surface area (Å²) in [6.45, 7) is -0.554. The highest BCUT2D eigenvalue weighted by Gasteiger charge is 2.29. The fourth-order valence-electron chi connectivity index (χ4n) is 1.67. The SMILES string of the molecule is O=S(=O)(NC1CC1)c1ccccc1NC(CO)CO. The maximum Gasteiger partial charge on any atom is 0.242 e. The van der Waals surface area contributed by atoms with Gasteiger partial charge in [-0.1, -0.05) is 12.1 Å². The Hall–Kier alpha value is -1.15. The van der Waals surface area contributed by atoms with Crippen LogP contribution in [-0.4, -0.2) is 43.9 Å². The summed E-state index contributed by atoms with van der Waals surface area (Å²) in [7, 11) is -3.57. The van der Waals surface area contributed by atoms with Crippen molar-refractivity contribution in [3.05, 3.63) is 24.3 Å². The summed E-state index contributed by atoms with van der Waals surface area (Å²) in [5.74, 6) is 0. The van der Waals surface area contributed by atoms with E-state index in [4.69, 9.17) is 10.2 Å². The zero-order chi connectivity index (χ0) is 13.9. The summed E-state index contributed by atoms with van der Waals surface area (Å²) in [4.78, 5) is 0.133. The van der Waals surface area contributed by atoms with Crippen LogP contribution in [-0.2, 0) is 10.0 Å². The Morgan fingerprint density at radius 1 is 1.21 bits per heavy atom. The number of aliphatic hydroxyl groups is 2. The number of hydrogen-bond acceptors (Lipinski definition) is 5. The maximum atomic E-state index is 12.2. The van der Waals surface area contributed by atoms with Crippen LogP contribution < -0.4 is 10.0 Å². The lowest BCUT2D eigenvalue weighted by molar-refractivity contribution is 0.203. The monoisotopic (exact) mass is 286 g/mol. The first-order valence-electron chi connectivity index (χ1n) is 6.16. The largest absolute Gasteiger partial charge is 0.394 e. The molecule has 0 bridgehead atoms. The van der Waals surface area contributed by atoms with Crippen LogP contribution in [0.15, 0.2) is 29.2 Å². The average molecular weight is 286 g/mol. The molecule has 1 aliphatic rings. The van der Waals surface area contributed by atoms with Crippen molar-refractivity contribution in [3.63, 3.8) is 0 Å². The minimum absolute atomic E-state index is 0.0320. The topological polar surface area (TPSA) is 98.7 Å². The molecule has 6 nitrogen and oxygen atoms in total. The Kier molecular flexibility index (Phi) is 4.41. The van der Waals surface area contributed by atoms with E-state index in [1.165, 1.54) is 6.07 Å². The van der Waals surface area contributed by atoms with Crippen LogP contribution in [0.25, 0.3) is 0 Å². The van der Waals surface area contributed by atoms with E-state index >= 15 is 0 Å². The van der Waals surface area contributed by atoms with Gasteiger partial charge in [0.1, 0.15) is 4.90 Å². The summed E-state index contributed by atoms with van der Waals surface area (Å²) in [6.07, 6.45) is 1.73. The summed E-state index contributed by atoms with van der Waals surface area (Å²) in [5.41, 5.74) is 0.378. The molecule has 0 unspecified atom stereocenters. The average Bonchev–Trinajstić information content (AvgIpc) is 3.19. The molecule has 1 saturated carbocycles. The third kappa shape index (κ3) is 3.66. The second kappa shape index (κ2) is 5.87. The molecule has 7 heteroatoms. The number of sulfonamides is 1. The molecule has 4 N–H and O–H groups in total. The van der Waals surface area contributed by atoms with E-state index in [2.05, 4.69) is 10.0 Å². The maximum absolute atomic E-state index is 12.2. The zero-order valence-corrected chi connectivity index (χ0v) is 11.2. The quantitative estimate of drug-likeness (QED) is 0.561. The third-order valence-corrected chi connectivity index (χ3v) is 4.45. The highest BCUT2D eigenvalue weighted by Crippen LogP contribution is 2.26. The van der Waals surface area contributed by atoms with Crippen LogP contribution in [0.4, 0.5) is 5.69 Å². The van der Waals surface area contributed by atoms with Crippen LogP contribution in [0, 0.1) is 0 Å². The van der Waals surface area contributed by atoms with Crippen molar-refractivity contribution in [1.82, 2.24) is 4.72 Å². The van der Waals surface area contributed by atoms with Crippen LogP contribution in [0.2, 0.25) is 0 Å². The zero-order valence-electron chi connectivity index (χ0n) is 10.4. The van der Waals surface area contributed by atoms with Gasteiger partial charge in [0.2, 0.25) is 10.0 Å². The van der Waals surface area contributed by atoms with Crippen LogP contribution in [0.5, 0.6) is 0 Å². The van der Waals surface area contributed by atoms with Gasteiger partial charge in [-0.05, 0) is 25.0 Å². The molecule has 1 aromatic rings. The molecule has 0 aliphatic heterocycles. The lowest BCUT2D eigenvalue weighted by Crippen LogP contribution is -2.30. The summed E-state index contributed by atoms with van der Waals surface area (Å²) >= 11 is 0. The van der Waals surface area contributed by atoms with E-state index in [-0.39, 0.29) is 24.2 Å². The molecule has 2 rings (SSSR count). The minimum atomic E-state index is -3.57. The number of rotatable bonds is 7. The Bertz CT molecular complexity index is 524. The van der Waals surface area contributed by atoms with Crippen molar-refractivity contribution in [3.8, 4) is 0 Å². The second-order valence-electron chi connectivity index (χ2n) is 4.60. The lowest BCUT2D eigenvalue weighted by Gasteiger charge is -2.18. The first-order chi connectivity index (χ1) is 9.06. The van der Waals surface area contributed by atoms with Crippen molar-refractivity contribution >= 4 is 15.7 Å². The van der Waals surface area contributed by atoms with Gasteiger partial charge in [0.25, 0.3) is 0 Å². The fraction of sp³-hybridized carbons (Fsp3) is 0.500. The standard InChI is InChI=1S/C12H18N2O4S/c15-7-10(8-16)13-11-3-1-2-4-12(11)19(17,18)14-9-5-6-9/h1-4,9-10,13-16H,5-8H2. The third-order valence-electron chi connectivity index (χ3n) is 2.88. The molecule has 1 aromatic carbocycles. The van der Waals surface area contributed by atoms with Crippen molar-refractivity contribution in [2.24, 2.45) is 0 Å². The smallest absolute Gasteiger partial charge is 0.242 e. The summed E-state index contributed by atoms with van der Waals surface area (Å²) < 4.78 is 27.0. The van der Waals surface area contributed by atoms with Gasteiger partial charge in [0.15, 0.2) is 0 Å². The number of para-hydroxylation sites is 1. The molecule has 0 spiro atoms. The molecule has 0 amide bonds. The molecule has 106 valence electrons. The number of aliphatic hydroxyl groups excluding tert-OH is 2. The van der Waals surface area contributed by atoms with E-state index in [0.29, 0.717) is 5.69 Å². The number of anilines is 1. The Labute approximate surface area is 112 Å². The molecule has 1 fully saturated rings. The molecule has 1 aliphatic carbocycles. The van der Waals surface area contributed by atoms with Crippen molar-refractivity contribution in [1.29, 1.82) is 0 Å². The van der Waals surface area contributed by atoms with Gasteiger partial charge in [-0.15, -0.1) is 0 Å². The van der Waals surface area contributed by atoms with E-state index < -0.39 is 16.1 Å². The van der Waals surface area contributed by atoms with E-state index in [0.717, 1.165) is 12.8 Å². The van der Waals surface area contributed by atoms with E-state index in [1.807, 2.05) is 0 Å². The molecular weight excluding hydrogens is 268 g/mol. The summed E-state index contributed by atoms with van der Waals surface area (Å²) in [5, 5.41) is 20.9. The Balaban J connectivity index is 2.24. The van der Waals surface area contributed by atoms with Gasteiger partial charge in [-0.3, -0.25) is 0 Å². The molecule has 0 atom stereocenters. The van der Waals surface area contributed by atoms with E-state index in [1.54, 1.807) is 18.2 Å². The van der Waals surface area contributed by atoms with Gasteiger partial charge in [-0.2, -0.15) is 0 Å².